The van der Waals surface area contributed by atoms with Gasteiger partial charge in [0.2, 0.25) is 10.0 Å². The highest BCUT2D eigenvalue weighted by molar-refractivity contribution is 7.89. The van der Waals surface area contributed by atoms with Crippen LogP contribution in [0.3, 0.4) is 0 Å². The second kappa shape index (κ2) is 5.87. The van der Waals surface area contributed by atoms with Crippen LogP contribution in [0.2, 0.25) is 0 Å². The summed E-state index contributed by atoms with van der Waals surface area (Å²) in [4.78, 5) is 31.3. The molecule has 9 nitrogen and oxygen atoms in total. The van der Waals surface area contributed by atoms with Gasteiger partial charge in [-0.05, 0) is 18.9 Å². The summed E-state index contributed by atoms with van der Waals surface area (Å²) in [5, 5.41) is 0.0204. The number of H-pyrrole nitrogens is 2. The molecule has 0 saturated carbocycles. The van der Waals surface area contributed by atoms with Gasteiger partial charge in [0.15, 0.2) is 0 Å². The fourth-order valence-corrected chi connectivity index (χ4v) is 4.51. The van der Waals surface area contributed by atoms with Crippen molar-refractivity contribution in [2.45, 2.75) is 30.2 Å². The number of rotatable bonds is 3. The van der Waals surface area contributed by atoms with Gasteiger partial charge in [-0.15, -0.1) is 0 Å². The van der Waals surface area contributed by atoms with Gasteiger partial charge in [-0.1, -0.05) is 6.42 Å². The summed E-state index contributed by atoms with van der Waals surface area (Å²) in [5.41, 5.74) is 4.36. The minimum absolute atomic E-state index is 0.0204. The molecule has 0 amide bonds. The fraction of sp³-hybridized carbons (Fsp3) is 0.462. The lowest BCUT2D eigenvalue weighted by atomic mass is 10.1. The Kier molecular flexibility index (Phi) is 4.04. The summed E-state index contributed by atoms with van der Waals surface area (Å²) >= 11 is 0. The lowest BCUT2D eigenvalue weighted by Gasteiger charge is -2.33. The zero-order valence-corrected chi connectivity index (χ0v) is 13.1. The van der Waals surface area contributed by atoms with E-state index in [4.69, 9.17) is 5.73 Å². The molecule has 0 bridgehead atoms. The molecule has 1 atom stereocenters. The van der Waals surface area contributed by atoms with Gasteiger partial charge < -0.3 is 5.73 Å². The maximum Gasteiger partial charge on any atom is 0.327 e. The number of aromatic amines is 2. The molecule has 2 aromatic heterocycles. The first-order valence-electron chi connectivity index (χ1n) is 7.28. The highest BCUT2D eigenvalue weighted by Crippen LogP contribution is 2.25. The highest BCUT2D eigenvalue weighted by Gasteiger charge is 2.33. The Morgan fingerprint density at radius 2 is 2.09 bits per heavy atom. The quantitative estimate of drug-likeness (QED) is 0.662. The first-order chi connectivity index (χ1) is 10.9. The minimum atomic E-state index is -3.80. The predicted octanol–water partition coefficient (Wildman–Crippen LogP) is -0.887. The number of nitrogens with one attached hydrogen (secondary N) is 2. The molecule has 2 aromatic rings. The number of fused-ring (bicyclic) bond motifs is 1. The van der Waals surface area contributed by atoms with Crippen LogP contribution >= 0.6 is 0 Å². The standard InChI is InChI=1S/C13H17N5O4S/c14-6-8-3-1-2-4-18(8)23(21,22)9-5-10-11(15-7-9)16-13(20)17-12(10)19/h5,7-8H,1-4,6,14H2,(H2,15,16,17,19,20). The van der Waals surface area contributed by atoms with Crippen LogP contribution in [0, 0.1) is 0 Å². The Morgan fingerprint density at radius 1 is 1.30 bits per heavy atom. The molecule has 23 heavy (non-hydrogen) atoms. The van der Waals surface area contributed by atoms with Crippen molar-refractivity contribution >= 4 is 21.1 Å². The Bertz CT molecular complexity index is 949. The van der Waals surface area contributed by atoms with Gasteiger partial charge in [0, 0.05) is 25.3 Å². The van der Waals surface area contributed by atoms with E-state index in [1.807, 2.05) is 0 Å². The number of hydrogen-bond donors (Lipinski definition) is 3. The molecule has 3 rings (SSSR count). The summed E-state index contributed by atoms with van der Waals surface area (Å²) in [6.45, 7) is 0.637. The van der Waals surface area contributed by atoms with Crippen LogP contribution in [0.25, 0.3) is 11.0 Å². The van der Waals surface area contributed by atoms with E-state index in [2.05, 4.69) is 15.0 Å². The second-order valence-electron chi connectivity index (χ2n) is 5.48. The first kappa shape index (κ1) is 15.8. The van der Waals surface area contributed by atoms with Crippen molar-refractivity contribution in [1.82, 2.24) is 19.3 Å². The van der Waals surface area contributed by atoms with Crippen LogP contribution in [-0.2, 0) is 10.0 Å². The van der Waals surface area contributed by atoms with Gasteiger partial charge in [-0.25, -0.2) is 18.2 Å². The molecule has 1 saturated heterocycles. The largest absolute Gasteiger partial charge is 0.329 e. The van der Waals surface area contributed by atoms with Crippen molar-refractivity contribution in [3.05, 3.63) is 33.1 Å². The van der Waals surface area contributed by atoms with E-state index < -0.39 is 21.3 Å². The molecular weight excluding hydrogens is 322 g/mol. The van der Waals surface area contributed by atoms with Crippen molar-refractivity contribution in [3.8, 4) is 0 Å². The van der Waals surface area contributed by atoms with Gasteiger partial charge in [0.05, 0.1) is 5.39 Å². The SMILES string of the molecule is NCC1CCCCN1S(=O)(=O)c1cnc2[nH]c(=O)[nH]c(=O)c2c1. The first-order valence-corrected chi connectivity index (χ1v) is 8.72. The molecule has 3 heterocycles. The van der Waals surface area contributed by atoms with E-state index in [0.717, 1.165) is 19.0 Å². The zero-order valence-electron chi connectivity index (χ0n) is 12.3. The smallest absolute Gasteiger partial charge is 0.327 e. The van der Waals surface area contributed by atoms with E-state index in [0.29, 0.717) is 13.0 Å². The Hall–Kier alpha value is -2.04. The lowest BCUT2D eigenvalue weighted by molar-refractivity contribution is 0.257. The lowest BCUT2D eigenvalue weighted by Crippen LogP contribution is -2.47. The summed E-state index contributed by atoms with van der Waals surface area (Å²) in [6, 6.07) is 0.979. The molecule has 0 aromatic carbocycles. The number of pyridine rings is 1. The maximum atomic E-state index is 12.8. The third-order valence-electron chi connectivity index (χ3n) is 4.02. The van der Waals surface area contributed by atoms with E-state index in [1.54, 1.807) is 0 Å². The normalized spacial score (nSPS) is 20.0. The number of piperidine rings is 1. The van der Waals surface area contributed by atoms with Crippen molar-refractivity contribution < 1.29 is 8.42 Å². The third-order valence-corrected chi connectivity index (χ3v) is 5.94. The van der Waals surface area contributed by atoms with Gasteiger partial charge in [-0.3, -0.25) is 14.8 Å². The average molecular weight is 339 g/mol. The van der Waals surface area contributed by atoms with Crippen molar-refractivity contribution in [3.63, 3.8) is 0 Å². The summed E-state index contributed by atoms with van der Waals surface area (Å²) < 4.78 is 27.0. The van der Waals surface area contributed by atoms with Crippen molar-refractivity contribution in [2.24, 2.45) is 5.73 Å². The van der Waals surface area contributed by atoms with Crippen LogP contribution in [0.5, 0.6) is 0 Å². The van der Waals surface area contributed by atoms with E-state index in [-0.39, 0.29) is 28.5 Å². The van der Waals surface area contributed by atoms with E-state index >= 15 is 0 Å². The monoisotopic (exact) mass is 339 g/mol. The topological polar surface area (TPSA) is 142 Å². The summed E-state index contributed by atoms with van der Waals surface area (Å²) in [7, 11) is -3.80. The van der Waals surface area contributed by atoms with Crippen LogP contribution in [0.15, 0.2) is 26.7 Å². The molecular formula is C13H17N5O4S. The number of hydrogen-bond acceptors (Lipinski definition) is 6. The predicted molar refractivity (Wildman–Crippen MR) is 83.6 cm³/mol. The molecule has 1 unspecified atom stereocenters. The third kappa shape index (κ3) is 2.80. The Morgan fingerprint density at radius 3 is 2.83 bits per heavy atom. The number of sulfonamides is 1. The molecule has 1 aliphatic heterocycles. The van der Waals surface area contributed by atoms with Gasteiger partial charge >= 0.3 is 5.69 Å². The fourth-order valence-electron chi connectivity index (χ4n) is 2.83. The van der Waals surface area contributed by atoms with Crippen LogP contribution < -0.4 is 17.0 Å². The van der Waals surface area contributed by atoms with Gasteiger partial charge in [-0.2, -0.15) is 4.31 Å². The maximum absolute atomic E-state index is 12.8. The van der Waals surface area contributed by atoms with Gasteiger partial charge in [0.25, 0.3) is 5.56 Å². The van der Waals surface area contributed by atoms with Crippen molar-refractivity contribution in [2.75, 3.05) is 13.1 Å². The molecule has 4 N–H and O–H groups in total. The van der Waals surface area contributed by atoms with E-state index in [9.17, 15) is 18.0 Å². The molecule has 0 radical (unpaired) electrons. The van der Waals surface area contributed by atoms with E-state index in [1.165, 1.54) is 10.4 Å². The Balaban J connectivity index is 2.11. The van der Waals surface area contributed by atoms with Crippen LogP contribution in [-0.4, -0.2) is 46.8 Å². The van der Waals surface area contributed by atoms with Gasteiger partial charge in [0.1, 0.15) is 10.5 Å². The molecule has 0 aliphatic carbocycles. The number of nitrogens with zero attached hydrogens (tertiary/aromatic N) is 2. The van der Waals surface area contributed by atoms with Crippen LogP contribution in [0.1, 0.15) is 19.3 Å². The summed E-state index contributed by atoms with van der Waals surface area (Å²) in [5.74, 6) is 0. The summed E-state index contributed by atoms with van der Waals surface area (Å²) in [6.07, 6.45) is 3.56. The molecule has 10 heteroatoms. The van der Waals surface area contributed by atoms with Crippen LogP contribution in [0.4, 0.5) is 0 Å². The average Bonchev–Trinajstić information content (AvgIpc) is 2.54. The minimum Gasteiger partial charge on any atom is -0.329 e. The second-order valence-corrected chi connectivity index (χ2v) is 7.37. The molecule has 0 spiro atoms. The Labute approximate surface area is 131 Å². The molecule has 124 valence electrons. The van der Waals surface area contributed by atoms with Crippen molar-refractivity contribution in [1.29, 1.82) is 0 Å². The highest BCUT2D eigenvalue weighted by atomic mass is 32.2. The number of aromatic nitrogens is 3. The number of nitrogens with two attached hydrogens (primary N) is 1. The zero-order chi connectivity index (χ0) is 16.6. The molecule has 1 fully saturated rings. The molecule has 1 aliphatic rings.